The highest BCUT2D eigenvalue weighted by Gasteiger charge is 2.29. The lowest BCUT2D eigenvalue weighted by molar-refractivity contribution is 0.00958. The third-order valence-corrected chi connectivity index (χ3v) is 5.21. The number of hydrogen-bond acceptors (Lipinski definition) is 4. The summed E-state index contributed by atoms with van der Waals surface area (Å²) in [5.74, 6) is 0. The standard InChI is InChI=1S/C22H36ClN3O2/c1-22(2,3)28-21(27)26-15-13-25(14-16-26)20(11-6-7-12-24(4)5)18-9-8-10-19(23)17-18/h8-10,17,20H,6-7,11-16H2,1-5H3. The van der Waals surface area contributed by atoms with Crippen LogP contribution in [0.2, 0.25) is 5.02 Å². The van der Waals surface area contributed by atoms with E-state index < -0.39 is 5.60 Å². The first kappa shape index (κ1) is 23.0. The summed E-state index contributed by atoms with van der Waals surface area (Å²) >= 11 is 6.26. The van der Waals surface area contributed by atoms with Gasteiger partial charge in [-0.1, -0.05) is 30.2 Å². The molecular weight excluding hydrogens is 374 g/mol. The Morgan fingerprint density at radius 2 is 1.86 bits per heavy atom. The molecule has 0 bridgehead atoms. The Hall–Kier alpha value is -1.30. The minimum absolute atomic E-state index is 0.211. The zero-order valence-electron chi connectivity index (χ0n) is 18.1. The smallest absolute Gasteiger partial charge is 0.410 e. The van der Waals surface area contributed by atoms with Crippen LogP contribution < -0.4 is 0 Å². The van der Waals surface area contributed by atoms with Crippen molar-refractivity contribution < 1.29 is 9.53 Å². The SMILES string of the molecule is CN(C)CCCCC(c1cccc(Cl)c1)N1CCN(C(=O)OC(C)(C)C)CC1. The van der Waals surface area contributed by atoms with E-state index in [1.54, 1.807) is 0 Å². The van der Waals surface area contributed by atoms with E-state index in [-0.39, 0.29) is 6.09 Å². The average molecular weight is 410 g/mol. The fourth-order valence-electron chi connectivity index (χ4n) is 3.58. The fourth-order valence-corrected chi connectivity index (χ4v) is 3.78. The molecule has 0 N–H and O–H groups in total. The normalized spacial score (nSPS) is 17.0. The molecule has 0 aromatic heterocycles. The predicted molar refractivity (Wildman–Crippen MR) is 116 cm³/mol. The number of amides is 1. The van der Waals surface area contributed by atoms with Gasteiger partial charge in [0.2, 0.25) is 0 Å². The second-order valence-electron chi connectivity index (χ2n) is 8.87. The molecule has 158 valence electrons. The number of carbonyl (C=O) groups is 1. The van der Waals surface area contributed by atoms with E-state index >= 15 is 0 Å². The lowest BCUT2D eigenvalue weighted by Crippen LogP contribution is -2.50. The van der Waals surface area contributed by atoms with Gasteiger partial charge in [-0.05, 0) is 71.9 Å². The predicted octanol–water partition coefficient (Wildman–Crippen LogP) is 4.67. The Balaban J connectivity index is 1.99. The second kappa shape index (κ2) is 10.5. The number of benzene rings is 1. The number of unbranched alkanes of at least 4 members (excludes halogenated alkanes) is 1. The molecule has 1 unspecified atom stereocenters. The summed E-state index contributed by atoms with van der Waals surface area (Å²) in [4.78, 5) is 18.9. The minimum Gasteiger partial charge on any atom is -0.444 e. The summed E-state index contributed by atoms with van der Waals surface area (Å²) in [6.07, 6.45) is 3.24. The van der Waals surface area contributed by atoms with Crippen LogP contribution in [0.3, 0.4) is 0 Å². The second-order valence-corrected chi connectivity index (χ2v) is 9.31. The van der Waals surface area contributed by atoms with Gasteiger partial charge in [-0.15, -0.1) is 0 Å². The van der Waals surface area contributed by atoms with Crippen molar-refractivity contribution in [1.29, 1.82) is 0 Å². The van der Waals surface area contributed by atoms with Crippen LogP contribution in [0, 0.1) is 0 Å². The van der Waals surface area contributed by atoms with Crippen molar-refractivity contribution in [3.63, 3.8) is 0 Å². The van der Waals surface area contributed by atoms with Gasteiger partial charge in [-0.25, -0.2) is 4.79 Å². The molecule has 1 aliphatic heterocycles. The van der Waals surface area contributed by atoms with E-state index in [4.69, 9.17) is 16.3 Å². The molecule has 1 atom stereocenters. The van der Waals surface area contributed by atoms with E-state index in [1.165, 1.54) is 18.4 Å². The van der Waals surface area contributed by atoms with E-state index in [9.17, 15) is 4.79 Å². The molecule has 0 aliphatic carbocycles. The van der Waals surface area contributed by atoms with Crippen molar-refractivity contribution in [3.05, 3.63) is 34.9 Å². The Morgan fingerprint density at radius 1 is 1.18 bits per heavy atom. The summed E-state index contributed by atoms with van der Waals surface area (Å²) in [7, 11) is 4.23. The van der Waals surface area contributed by atoms with Gasteiger partial charge in [-0.3, -0.25) is 4.90 Å². The molecule has 1 fully saturated rings. The maximum absolute atomic E-state index is 12.3. The van der Waals surface area contributed by atoms with E-state index in [1.807, 2.05) is 37.8 Å². The molecule has 28 heavy (non-hydrogen) atoms. The number of piperazine rings is 1. The van der Waals surface area contributed by atoms with Crippen LogP contribution in [0.1, 0.15) is 51.6 Å². The molecule has 1 amide bonds. The molecule has 1 aromatic carbocycles. The van der Waals surface area contributed by atoms with E-state index in [0.717, 1.165) is 31.1 Å². The summed E-state index contributed by atoms with van der Waals surface area (Å²) in [5, 5.41) is 0.781. The topological polar surface area (TPSA) is 36.0 Å². The first-order valence-electron chi connectivity index (χ1n) is 10.3. The number of rotatable bonds is 7. The van der Waals surface area contributed by atoms with Crippen molar-refractivity contribution in [2.45, 2.75) is 51.7 Å². The van der Waals surface area contributed by atoms with Gasteiger partial charge in [0.05, 0.1) is 0 Å². The number of ether oxygens (including phenoxy) is 1. The number of nitrogens with zero attached hydrogens (tertiary/aromatic N) is 3. The van der Waals surface area contributed by atoms with Gasteiger partial charge in [0.1, 0.15) is 5.60 Å². The van der Waals surface area contributed by atoms with Crippen LogP contribution >= 0.6 is 11.6 Å². The van der Waals surface area contributed by atoms with Gasteiger partial charge in [-0.2, -0.15) is 0 Å². The highest BCUT2D eigenvalue weighted by molar-refractivity contribution is 6.30. The van der Waals surface area contributed by atoms with Crippen LogP contribution in [-0.2, 0) is 4.74 Å². The zero-order valence-corrected chi connectivity index (χ0v) is 18.8. The quantitative estimate of drug-likeness (QED) is 0.613. The van der Waals surface area contributed by atoms with Gasteiger partial charge in [0.15, 0.2) is 0 Å². The van der Waals surface area contributed by atoms with Crippen molar-refractivity contribution in [1.82, 2.24) is 14.7 Å². The molecule has 0 radical (unpaired) electrons. The van der Waals surface area contributed by atoms with Crippen LogP contribution in [0.4, 0.5) is 4.79 Å². The summed E-state index contributed by atoms with van der Waals surface area (Å²) in [6, 6.07) is 8.54. The molecule has 0 saturated carbocycles. The largest absolute Gasteiger partial charge is 0.444 e. The molecule has 2 rings (SSSR count). The van der Waals surface area contributed by atoms with Gasteiger partial charge in [0.25, 0.3) is 0 Å². The Morgan fingerprint density at radius 3 is 2.43 bits per heavy atom. The molecule has 1 aromatic rings. The zero-order chi connectivity index (χ0) is 20.7. The Kier molecular flexibility index (Phi) is 8.59. The van der Waals surface area contributed by atoms with Crippen molar-refractivity contribution in [3.8, 4) is 0 Å². The number of hydrogen-bond donors (Lipinski definition) is 0. The maximum Gasteiger partial charge on any atom is 0.410 e. The molecule has 5 nitrogen and oxygen atoms in total. The number of carbonyl (C=O) groups excluding carboxylic acids is 1. The molecule has 6 heteroatoms. The molecule has 1 saturated heterocycles. The van der Waals surface area contributed by atoms with Gasteiger partial charge < -0.3 is 14.5 Å². The van der Waals surface area contributed by atoms with Crippen molar-refractivity contribution in [2.75, 3.05) is 46.8 Å². The van der Waals surface area contributed by atoms with Crippen LogP contribution in [0.25, 0.3) is 0 Å². The summed E-state index contributed by atoms with van der Waals surface area (Å²) in [5.41, 5.74) is 0.812. The first-order valence-corrected chi connectivity index (χ1v) is 10.7. The molecular formula is C22H36ClN3O2. The average Bonchev–Trinajstić information content (AvgIpc) is 2.60. The third-order valence-electron chi connectivity index (χ3n) is 4.97. The molecule has 1 aliphatic rings. The highest BCUT2D eigenvalue weighted by atomic mass is 35.5. The fraction of sp³-hybridized carbons (Fsp3) is 0.682. The lowest BCUT2D eigenvalue weighted by Gasteiger charge is -2.40. The van der Waals surface area contributed by atoms with Gasteiger partial charge >= 0.3 is 6.09 Å². The first-order chi connectivity index (χ1) is 13.2. The van der Waals surface area contributed by atoms with Crippen LogP contribution in [-0.4, -0.2) is 73.2 Å². The Bertz CT molecular complexity index is 622. The minimum atomic E-state index is -0.454. The van der Waals surface area contributed by atoms with Crippen LogP contribution in [0.5, 0.6) is 0 Å². The van der Waals surface area contributed by atoms with Crippen molar-refractivity contribution in [2.24, 2.45) is 0 Å². The summed E-state index contributed by atoms with van der Waals surface area (Å²) in [6.45, 7) is 9.93. The summed E-state index contributed by atoms with van der Waals surface area (Å²) < 4.78 is 5.52. The van der Waals surface area contributed by atoms with E-state index in [2.05, 4.69) is 36.0 Å². The van der Waals surface area contributed by atoms with Gasteiger partial charge in [0, 0.05) is 37.2 Å². The monoisotopic (exact) mass is 409 g/mol. The van der Waals surface area contributed by atoms with E-state index in [0.29, 0.717) is 19.1 Å². The molecule has 0 spiro atoms. The lowest BCUT2D eigenvalue weighted by atomic mass is 9.98. The van der Waals surface area contributed by atoms with Crippen LogP contribution in [0.15, 0.2) is 24.3 Å². The number of halogens is 1. The Labute approximate surface area is 175 Å². The van der Waals surface area contributed by atoms with Crippen molar-refractivity contribution >= 4 is 17.7 Å². The maximum atomic E-state index is 12.3. The molecule has 1 heterocycles. The third kappa shape index (κ3) is 7.61. The highest BCUT2D eigenvalue weighted by Crippen LogP contribution is 2.29.